The van der Waals surface area contributed by atoms with E-state index in [-0.39, 0.29) is 22.0 Å². The molecule has 0 saturated heterocycles. The van der Waals surface area contributed by atoms with E-state index in [0.717, 1.165) is 24.3 Å². The van der Waals surface area contributed by atoms with Crippen LogP contribution >= 0.6 is 0 Å². The summed E-state index contributed by atoms with van der Waals surface area (Å²) in [5, 5.41) is 2.58. The zero-order chi connectivity index (χ0) is 17.9. The zero-order valence-electron chi connectivity index (χ0n) is 12.8. The number of carbonyl (C=O) groups is 1. The summed E-state index contributed by atoms with van der Waals surface area (Å²) in [5.41, 5.74) is 0.432. The van der Waals surface area contributed by atoms with Gasteiger partial charge in [0.05, 0.1) is 22.5 Å². The maximum Gasteiger partial charge on any atom is 0.291 e. The number of amides is 1. The molecule has 8 heteroatoms. The first-order chi connectivity index (χ1) is 12.0. The number of hydrogen-bond acceptors (Lipinski definition) is 4. The molecule has 1 heterocycles. The Morgan fingerprint density at radius 2 is 1.60 bits per heavy atom. The van der Waals surface area contributed by atoms with Gasteiger partial charge in [-0.15, -0.1) is 0 Å². The lowest BCUT2D eigenvalue weighted by molar-refractivity contribution is 0.0996. The number of sulfonamides is 1. The van der Waals surface area contributed by atoms with Crippen LogP contribution in [-0.4, -0.2) is 14.3 Å². The summed E-state index contributed by atoms with van der Waals surface area (Å²) in [7, 11) is -3.93. The lowest BCUT2D eigenvalue weighted by Crippen LogP contribution is -2.17. The van der Waals surface area contributed by atoms with Crippen molar-refractivity contribution >= 4 is 27.3 Å². The molecule has 1 aromatic heterocycles. The molecule has 0 atom stereocenters. The highest BCUT2D eigenvalue weighted by molar-refractivity contribution is 7.92. The van der Waals surface area contributed by atoms with Gasteiger partial charge >= 0.3 is 0 Å². The van der Waals surface area contributed by atoms with Crippen LogP contribution in [0.3, 0.4) is 0 Å². The van der Waals surface area contributed by atoms with Gasteiger partial charge in [0, 0.05) is 0 Å². The highest BCUT2D eigenvalue weighted by Gasteiger charge is 2.17. The van der Waals surface area contributed by atoms with E-state index in [1.165, 1.54) is 18.4 Å². The molecule has 6 nitrogen and oxygen atoms in total. The molecule has 0 saturated carbocycles. The van der Waals surface area contributed by atoms with Gasteiger partial charge in [0.2, 0.25) is 0 Å². The van der Waals surface area contributed by atoms with Gasteiger partial charge < -0.3 is 9.73 Å². The molecule has 25 heavy (non-hydrogen) atoms. The second-order valence-electron chi connectivity index (χ2n) is 5.04. The van der Waals surface area contributed by atoms with Gasteiger partial charge in [-0.2, -0.15) is 0 Å². The Morgan fingerprint density at radius 1 is 0.920 bits per heavy atom. The van der Waals surface area contributed by atoms with E-state index in [1.807, 2.05) is 0 Å². The SMILES string of the molecule is O=C(Nc1ccccc1NS(=O)(=O)c1ccc(F)cc1)c1ccco1. The fourth-order valence-electron chi connectivity index (χ4n) is 2.09. The molecule has 0 radical (unpaired) electrons. The molecule has 0 aliphatic carbocycles. The minimum Gasteiger partial charge on any atom is -0.459 e. The Hall–Kier alpha value is -3.13. The zero-order valence-corrected chi connectivity index (χ0v) is 13.6. The quantitative estimate of drug-likeness (QED) is 0.729. The molecule has 3 aromatic rings. The van der Waals surface area contributed by atoms with E-state index in [9.17, 15) is 17.6 Å². The van der Waals surface area contributed by atoms with E-state index in [2.05, 4.69) is 10.0 Å². The summed E-state index contributed by atoms with van der Waals surface area (Å²) in [6, 6.07) is 13.8. The van der Waals surface area contributed by atoms with Gasteiger partial charge in [-0.3, -0.25) is 9.52 Å². The minimum absolute atomic E-state index is 0.0937. The van der Waals surface area contributed by atoms with Crippen LogP contribution in [0.4, 0.5) is 15.8 Å². The number of nitrogens with one attached hydrogen (secondary N) is 2. The van der Waals surface area contributed by atoms with Crippen molar-refractivity contribution in [2.75, 3.05) is 10.0 Å². The third kappa shape index (κ3) is 3.86. The largest absolute Gasteiger partial charge is 0.459 e. The third-order valence-corrected chi connectivity index (χ3v) is 4.67. The second-order valence-corrected chi connectivity index (χ2v) is 6.72. The fourth-order valence-corrected chi connectivity index (χ4v) is 3.17. The van der Waals surface area contributed by atoms with Gasteiger partial charge in [-0.1, -0.05) is 12.1 Å². The van der Waals surface area contributed by atoms with Crippen LogP contribution in [0, 0.1) is 5.82 Å². The lowest BCUT2D eigenvalue weighted by atomic mass is 10.2. The molecule has 0 unspecified atom stereocenters. The molecule has 0 aliphatic rings. The third-order valence-electron chi connectivity index (χ3n) is 3.29. The van der Waals surface area contributed by atoms with Crippen LogP contribution in [0.25, 0.3) is 0 Å². The summed E-state index contributed by atoms with van der Waals surface area (Å²) in [6.45, 7) is 0. The Balaban J connectivity index is 1.85. The summed E-state index contributed by atoms with van der Waals surface area (Å²) in [5.74, 6) is -0.959. The van der Waals surface area contributed by atoms with Crippen molar-refractivity contribution in [3.05, 3.63) is 78.5 Å². The van der Waals surface area contributed by atoms with Gasteiger partial charge in [0.15, 0.2) is 5.76 Å². The van der Waals surface area contributed by atoms with Crippen molar-refractivity contribution < 1.29 is 22.0 Å². The molecule has 0 aliphatic heterocycles. The van der Waals surface area contributed by atoms with E-state index in [0.29, 0.717) is 0 Å². The summed E-state index contributed by atoms with van der Waals surface area (Å²) >= 11 is 0. The number of furan rings is 1. The van der Waals surface area contributed by atoms with Crippen LogP contribution in [0.5, 0.6) is 0 Å². The Kier molecular flexibility index (Phi) is 4.53. The van der Waals surface area contributed by atoms with Crippen molar-refractivity contribution in [3.63, 3.8) is 0 Å². The van der Waals surface area contributed by atoms with Gasteiger partial charge in [0.25, 0.3) is 15.9 Å². The molecule has 2 aromatic carbocycles. The maximum atomic E-state index is 13.0. The highest BCUT2D eigenvalue weighted by Crippen LogP contribution is 2.25. The molecule has 0 spiro atoms. The lowest BCUT2D eigenvalue weighted by Gasteiger charge is -2.13. The Bertz CT molecular complexity index is 984. The smallest absolute Gasteiger partial charge is 0.291 e. The predicted molar refractivity (Wildman–Crippen MR) is 90.3 cm³/mol. The van der Waals surface area contributed by atoms with Crippen molar-refractivity contribution in [2.24, 2.45) is 0 Å². The number of rotatable bonds is 5. The average molecular weight is 360 g/mol. The Labute approximate surface area is 143 Å². The van der Waals surface area contributed by atoms with E-state index in [4.69, 9.17) is 4.42 Å². The number of halogens is 1. The minimum atomic E-state index is -3.93. The topological polar surface area (TPSA) is 88.4 Å². The number of benzene rings is 2. The second kappa shape index (κ2) is 6.78. The molecule has 0 bridgehead atoms. The van der Waals surface area contributed by atoms with Gasteiger partial charge in [0.1, 0.15) is 5.82 Å². The van der Waals surface area contributed by atoms with Crippen molar-refractivity contribution in [1.82, 2.24) is 0 Å². The van der Waals surface area contributed by atoms with Crippen LogP contribution in [0.2, 0.25) is 0 Å². The first kappa shape index (κ1) is 16.7. The predicted octanol–water partition coefficient (Wildman–Crippen LogP) is 3.47. The van der Waals surface area contributed by atoms with Crippen LogP contribution in [0.1, 0.15) is 10.6 Å². The van der Waals surface area contributed by atoms with Crippen molar-refractivity contribution in [2.45, 2.75) is 4.90 Å². The van der Waals surface area contributed by atoms with Gasteiger partial charge in [-0.05, 0) is 48.5 Å². The number of hydrogen-bond donors (Lipinski definition) is 2. The highest BCUT2D eigenvalue weighted by atomic mass is 32.2. The van der Waals surface area contributed by atoms with Crippen LogP contribution in [0.15, 0.2) is 76.2 Å². The standard InChI is InChI=1S/C17H13FN2O4S/c18-12-7-9-13(10-8-12)25(22,23)20-15-5-2-1-4-14(15)19-17(21)16-6-3-11-24-16/h1-11,20H,(H,19,21). The average Bonchev–Trinajstić information content (AvgIpc) is 3.11. The van der Waals surface area contributed by atoms with Crippen molar-refractivity contribution in [1.29, 1.82) is 0 Å². The molecular weight excluding hydrogens is 347 g/mol. The number of para-hydroxylation sites is 2. The fraction of sp³-hybridized carbons (Fsp3) is 0. The normalized spacial score (nSPS) is 11.1. The van der Waals surface area contributed by atoms with Gasteiger partial charge in [-0.25, -0.2) is 12.8 Å². The summed E-state index contributed by atoms with van der Waals surface area (Å²) in [4.78, 5) is 12.0. The van der Waals surface area contributed by atoms with Crippen LogP contribution < -0.4 is 10.0 Å². The van der Waals surface area contributed by atoms with E-state index in [1.54, 1.807) is 24.3 Å². The molecule has 3 rings (SSSR count). The molecule has 128 valence electrons. The maximum absolute atomic E-state index is 13.0. The van der Waals surface area contributed by atoms with E-state index >= 15 is 0 Å². The first-order valence-electron chi connectivity index (χ1n) is 7.18. The summed E-state index contributed by atoms with van der Waals surface area (Å²) in [6.07, 6.45) is 1.36. The Morgan fingerprint density at radius 3 is 2.24 bits per heavy atom. The molecular formula is C17H13FN2O4S. The molecule has 1 amide bonds. The molecule has 2 N–H and O–H groups in total. The molecule has 0 fully saturated rings. The first-order valence-corrected chi connectivity index (χ1v) is 8.66. The van der Waals surface area contributed by atoms with Crippen LogP contribution in [-0.2, 0) is 10.0 Å². The van der Waals surface area contributed by atoms with E-state index < -0.39 is 21.7 Å². The van der Waals surface area contributed by atoms with Crippen molar-refractivity contribution in [3.8, 4) is 0 Å². The number of carbonyl (C=O) groups excluding carboxylic acids is 1. The monoisotopic (exact) mass is 360 g/mol. The summed E-state index contributed by atoms with van der Waals surface area (Å²) < 4.78 is 45.2. The number of anilines is 2.